The highest BCUT2D eigenvalue weighted by atomic mass is 79.9. The minimum atomic E-state index is -0.970. The van der Waals surface area contributed by atoms with Crippen LogP contribution in [0, 0.1) is 0 Å². The van der Waals surface area contributed by atoms with Crippen LogP contribution in [-0.2, 0) is 6.54 Å². The number of para-hydroxylation sites is 1. The zero-order valence-electron chi connectivity index (χ0n) is 11.0. The first-order chi connectivity index (χ1) is 9.58. The van der Waals surface area contributed by atoms with E-state index < -0.39 is 5.97 Å². The van der Waals surface area contributed by atoms with Crippen molar-refractivity contribution in [3.8, 4) is 5.75 Å². The SMILES string of the molecule is COc1ccccc1C(=O)O.NCc1ccc(Br)cc1. The second kappa shape index (κ2) is 8.35. The predicted molar refractivity (Wildman–Crippen MR) is 82.0 cm³/mol. The number of methoxy groups -OCH3 is 1. The zero-order chi connectivity index (χ0) is 15.0. The van der Waals surface area contributed by atoms with Crippen molar-refractivity contribution < 1.29 is 14.6 Å². The molecule has 2 rings (SSSR count). The number of hydrogen-bond acceptors (Lipinski definition) is 3. The molecule has 0 unspecified atom stereocenters. The van der Waals surface area contributed by atoms with Crippen LogP contribution in [0.1, 0.15) is 15.9 Å². The first-order valence-electron chi connectivity index (χ1n) is 5.89. The summed E-state index contributed by atoms with van der Waals surface area (Å²) in [6.45, 7) is 0.618. The Hall–Kier alpha value is -1.85. The van der Waals surface area contributed by atoms with Gasteiger partial charge in [-0.2, -0.15) is 0 Å². The molecule has 2 aromatic carbocycles. The molecule has 0 saturated heterocycles. The van der Waals surface area contributed by atoms with Crippen molar-refractivity contribution in [2.24, 2.45) is 5.73 Å². The van der Waals surface area contributed by atoms with Gasteiger partial charge in [0.05, 0.1) is 7.11 Å². The fourth-order valence-electron chi connectivity index (χ4n) is 1.44. The molecule has 0 bridgehead atoms. The first-order valence-corrected chi connectivity index (χ1v) is 6.68. The van der Waals surface area contributed by atoms with Crippen LogP contribution < -0.4 is 10.5 Å². The van der Waals surface area contributed by atoms with Gasteiger partial charge in [-0.3, -0.25) is 0 Å². The van der Waals surface area contributed by atoms with Crippen molar-refractivity contribution >= 4 is 21.9 Å². The maximum Gasteiger partial charge on any atom is 0.339 e. The second-order valence-corrected chi connectivity index (χ2v) is 4.75. The largest absolute Gasteiger partial charge is 0.496 e. The molecule has 0 radical (unpaired) electrons. The zero-order valence-corrected chi connectivity index (χ0v) is 12.6. The molecule has 0 aliphatic rings. The average Bonchev–Trinajstić information content (AvgIpc) is 2.48. The van der Waals surface area contributed by atoms with Gasteiger partial charge < -0.3 is 15.6 Å². The highest BCUT2D eigenvalue weighted by Crippen LogP contribution is 2.16. The van der Waals surface area contributed by atoms with E-state index in [1.807, 2.05) is 24.3 Å². The number of aromatic carboxylic acids is 1. The molecule has 3 N–H and O–H groups in total. The van der Waals surface area contributed by atoms with Crippen LogP contribution >= 0.6 is 15.9 Å². The monoisotopic (exact) mass is 337 g/mol. The Labute approximate surface area is 126 Å². The molecule has 0 atom stereocenters. The number of ether oxygens (including phenoxy) is 1. The van der Waals surface area contributed by atoms with E-state index in [0.717, 1.165) is 4.47 Å². The van der Waals surface area contributed by atoms with E-state index in [4.69, 9.17) is 15.6 Å². The van der Waals surface area contributed by atoms with Crippen LogP contribution in [0.4, 0.5) is 0 Å². The van der Waals surface area contributed by atoms with Gasteiger partial charge in [0.15, 0.2) is 0 Å². The fraction of sp³-hybridized carbons (Fsp3) is 0.133. The molecular weight excluding hydrogens is 322 g/mol. The van der Waals surface area contributed by atoms with Crippen LogP contribution in [0.15, 0.2) is 53.0 Å². The Balaban J connectivity index is 0.000000204. The van der Waals surface area contributed by atoms with Gasteiger partial charge >= 0.3 is 5.97 Å². The molecule has 0 amide bonds. The van der Waals surface area contributed by atoms with E-state index in [1.54, 1.807) is 18.2 Å². The van der Waals surface area contributed by atoms with Crippen molar-refractivity contribution in [1.82, 2.24) is 0 Å². The minimum absolute atomic E-state index is 0.190. The molecule has 106 valence electrons. The van der Waals surface area contributed by atoms with Crippen LogP contribution in [-0.4, -0.2) is 18.2 Å². The Morgan fingerprint density at radius 2 is 1.80 bits per heavy atom. The summed E-state index contributed by atoms with van der Waals surface area (Å²) in [5, 5.41) is 8.62. The van der Waals surface area contributed by atoms with Crippen LogP contribution in [0.3, 0.4) is 0 Å². The number of carbonyl (C=O) groups is 1. The Morgan fingerprint density at radius 1 is 1.20 bits per heavy atom. The normalized spacial score (nSPS) is 9.35. The molecule has 20 heavy (non-hydrogen) atoms. The lowest BCUT2D eigenvalue weighted by Crippen LogP contribution is -1.99. The molecule has 0 fully saturated rings. The van der Waals surface area contributed by atoms with Crippen molar-refractivity contribution in [2.45, 2.75) is 6.54 Å². The second-order valence-electron chi connectivity index (χ2n) is 3.84. The van der Waals surface area contributed by atoms with Gasteiger partial charge in [-0.15, -0.1) is 0 Å². The van der Waals surface area contributed by atoms with Gasteiger partial charge in [0.2, 0.25) is 0 Å². The van der Waals surface area contributed by atoms with Crippen LogP contribution in [0.2, 0.25) is 0 Å². The van der Waals surface area contributed by atoms with Crippen molar-refractivity contribution in [3.63, 3.8) is 0 Å². The number of hydrogen-bond donors (Lipinski definition) is 2. The quantitative estimate of drug-likeness (QED) is 0.901. The van der Waals surface area contributed by atoms with Crippen molar-refractivity contribution in [1.29, 1.82) is 0 Å². The summed E-state index contributed by atoms with van der Waals surface area (Å²) in [5.41, 5.74) is 6.74. The molecule has 0 heterocycles. The number of carboxylic acids is 1. The molecule has 0 spiro atoms. The number of nitrogens with two attached hydrogens (primary N) is 1. The standard InChI is InChI=1S/C8H8O3.C7H8BrN/c1-11-7-5-3-2-4-6(7)8(9)10;8-7-3-1-6(5-9)2-4-7/h2-5H,1H3,(H,9,10);1-4H,5,9H2. The summed E-state index contributed by atoms with van der Waals surface area (Å²) >= 11 is 3.33. The summed E-state index contributed by atoms with van der Waals surface area (Å²) in [7, 11) is 1.45. The number of rotatable bonds is 3. The van der Waals surface area contributed by atoms with E-state index in [-0.39, 0.29) is 5.56 Å². The Morgan fingerprint density at radius 3 is 2.25 bits per heavy atom. The number of benzene rings is 2. The predicted octanol–water partition coefficient (Wildman–Crippen LogP) is 3.30. The highest BCUT2D eigenvalue weighted by molar-refractivity contribution is 9.10. The molecule has 0 aliphatic carbocycles. The van der Waals surface area contributed by atoms with Gasteiger partial charge in [0.25, 0.3) is 0 Å². The van der Waals surface area contributed by atoms with Crippen LogP contribution in [0.5, 0.6) is 5.75 Å². The van der Waals surface area contributed by atoms with Crippen molar-refractivity contribution in [2.75, 3.05) is 7.11 Å². The fourth-order valence-corrected chi connectivity index (χ4v) is 1.71. The third-order valence-electron chi connectivity index (χ3n) is 2.49. The third-order valence-corrected chi connectivity index (χ3v) is 3.02. The van der Waals surface area contributed by atoms with Gasteiger partial charge in [0.1, 0.15) is 11.3 Å². The van der Waals surface area contributed by atoms with Crippen molar-refractivity contribution in [3.05, 3.63) is 64.1 Å². The van der Waals surface area contributed by atoms with Gasteiger partial charge in [-0.05, 0) is 29.8 Å². The van der Waals surface area contributed by atoms with E-state index in [0.29, 0.717) is 12.3 Å². The topological polar surface area (TPSA) is 72.5 Å². The van der Waals surface area contributed by atoms with Gasteiger partial charge in [-0.25, -0.2) is 4.79 Å². The van der Waals surface area contributed by atoms with E-state index in [9.17, 15) is 4.79 Å². The minimum Gasteiger partial charge on any atom is -0.496 e. The first kappa shape index (κ1) is 16.2. The number of carboxylic acid groups (broad SMARTS) is 1. The molecule has 5 heteroatoms. The lowest BCUT2D eigenvalue weighted by molar-refractivity contribution is 0.0693. The molecule has 0 aliphatic heterocycles. The maximum absolute atomic E-state index is 10.5. The summed E-state index contributed by atoms with van der Waals surface area (Å²) < 4.78 is 5.92. The summed E-state index contributed by atoms with van der Waals surface area (Å²) in [4.78, 5) is 10.5. The third kappa shape index (κ3) is 5.03. The maximum atomic E-state index is 10.5. The lowest BCUT2D eigenvalue weighted by Gasteiger charge is -2.01. The molecule has 4 nitrogen and oxygen atoms in total. The Kier molecular flexibility index (Phi) is 6.76. The summed E-state index contributed by atoms with van der Waals surface area (Å²) in [5.74, 6) is -0.581. The van der Waals surface area contributed by atoms with Crippen LogP contribution in [0.25, 0.3) is 0 Å². The average molecular weight is 338 g/mol. The van der Waals surface area contributed by atoms with E-state index >= 15 is 0 Å². The molecule has 0 saturated carbocycles. The van der Waals surface area contributed by atoms with Gasteiger partial charge in [0, 0.05) is 11.0 Å². The molecular formula is C15H16BrNO3. The molecule has 0 aromatic heterocycles. The summed E-state index contributed by atoms with van der Waals surface area (Å²) in [6.07, 6.45) is 0. The summed E-state index contributed by atoms with van der Waals surface area (Å²) in [6, 6.07) is 14.5. The smallest absolute Gasteiger partial charge is 0.339 e. The molecule has 2 aromatic rings. The number of halogens is 1. The van der Waals surface area contributed by atoms with E-state index in [1.165, 1.54) is 18.7 Å². The lowest BCUT2D eigenvalue weighted by atomic mass is 10.2. The van der Waals surface area contributed by atoms with E-state index in [2.05, 4.69) is 15.9 Å². The van der Waals surface area contributed by atoms with Gasteiger partial charge in [-0.1, -0.05) is 40.2 Å². The highest BCUT2D eigenvalue weighted by Gasteiger charge is 2.07. The Bertz CT molecular complexity index is 555.